The summed E-state index contributed by atoms with van der Waals surface area (Å²) in [7, 11) is 0. The maximum absolute atomic E-state index is 13.4. The lowest BCUT2D eigenvalue weighted by Crippen LogP contribution is -2.33. The maximum atomic E-state index is 13.4. The van der Waals surface area contributed by atoms with E-state index in [0.29, 0.717) is 18.8 Å². The number of Topliss-reactive ketones (excluding diaryl/α,β-unsaturated/α-hetero) is 1. The van der Waals surface area contributed by atoms with Crippen LogP contribution in [0, 0.1) is 11.7 Å². The number of amides is 1. The molecule has 0 aromatic heterocycles. The second kappa shape index (κ2) is 8.54. The van der Waals surface area contributed by atoms with E-state index in [1.54, 1.807) is 12.1 Å². The summed E-state index contributed by atoms with van der Waals surface area (Å²) in [6, 6.07) is 10.9. The highest BCUT2D eigenvalue weighted by molar-refractivity contribution is 6.02. The first-order valence-corrected chi connectivity index (χ1v) is 11.5. The summed E-state index contributed by atoms with van der Waals surface area (Å²) in [6.07, 6.45) is 5.88. The number of hydrogen-bond acceptors (Lipinski definition) is 3. The topological polar surface area (TPSA) is 40.6 Å². The van der Waals surface area contributed by atoms with Crippen molar-refractivity contribution in [2.45, 2.75) is 51.5 Å². The van der Waals surface area contributed by atoms with Crippen LogP contribution in [0.25, 0.3) is 0 Å². The van der Waals surface area contributed by atoms with E-state index >= 15 is 0 Å². The Morgan fingerprint density at radius 2 is 1.77 bits per heavy atom. The number of nitrogens with zero attached hydrogens (tertiary/aromatic N) is 2. The summed E-state index contributed by atoms with van der Waals surface area (Å²) in [4.78, 5) is 29.3. The van der Waals surface area contributed by atoms with E-state index < -0.39 is 0 Å². The van der Waals surface area contributed by atoms with Crippen LogP contribution in [0.3, 0.4) is 0 Å². The normalized spacial score (nSPS) is 19.0. The summed E-state index contributed by atoms with van der Waals surface area (Å²) in [5, 5.41) is 0. The van der Waals surface area contributed by atoms with Gasteiger partial charge in [-0.05, 0) is 92.1 Å². The van der Waals surface area contributed by atoms with Crippen molar-refractivity contribution >= 4 is 17.4 Å². The first-order valence-electron chi connectivity index (χ1n) is 11.5. The third-order valence-electron chi connectivity index (χ3n) is 7.16. The number of rotatable bonds is 6. The van der Waals surface area contributed by atoms with Crippen molar-refractivity contribution in [3.8, 4) is 0 Å². The molecule has 1 fully saturated rings. The lowest BCUT2D eigenvalue weighted by Gasteiger charge is -2.32. The predicted molar refractivity (Wildman–Crippen MR) is 119 cm³/mol. The number of halogens is 1. The molecule has 31 heavy (non-hydrogen) atoms. The molecule has 0 spiro atoms. The van der Waals surface area contributed by atoms with Crippen LogP contribution in [0.1, 0.15) is 59.2 Å². The van der Waals surface area contributed by atoms with Crippen LogP contribution in [0.15, 0.2) is 36.4 Å². The van der Waals surface area contributed by atoms with Crippen molar-refractivity contribution < 1.29 is 14.0 Å². The molecule has 3 heterocycles. The summed E-state index contributed by atoms with van der Waals surface area (Å²) in [6.45, 7) is 3.55. The average molecular weight is 421 g/mol. The van der Waals surface area contributed by atoms with Gasteiger partial charge in [0.2, 0.25) is 5.91 Å². The molecule has 5 rings (SSSR count). The molecule has 0 bridgehead atoms. The van der Waals surface area contributed by atoms with Gasteiger partial charge in [-0.3, -0.25) is 14.5 Å². The van der Waals surface area contributed by atoms with Crippen LogP contribution in [-0.2, 0) is 24.2 Å². The van der Waals surface area contributed by atoms with Gasteiger partial charge in [-0.15, -0.1) is 0 Å². The second-order valence-electron chi connectivity index (χ2n) is 9.25. The smallest absolute Gasteiger partial charge is 0.227 e. The molecule has 1 amide bonds. The fraction of sp³-hybridized carbons (Fsp3) is 0.462. The highest BCUT2D eigenvalue weighted by Crippen LogP contribution is 2.38. The van der Waals surface area contributed by atoms with Gasteiger partial charge >= 0.3 is 0 Å². The molecule has 1 saturated heterocycles. The van der Waals surface area contributed by atoms with Gasteiger partial charge in [-0.2, -0.15) is 0 Å². The number of ketones is 1. The Hall–Kier alpha value is -2.53. The number of aryl methyl sites for hydroxylation is 1. The number of hydrogen-bond donors (Lipinski definition) is 0. The minimum atomic E-state index is -0.175. The van der Waals surface area contributed by atoms with Crippen LogP contribution in [-0.4, -0.2) is 36.2 Å². The zero-order valence-corrected chi connectivity index (χ0v) is 17.9. The van der Waals surface area contributed by atoms with Gasteiger partial charge in [-0.25, -0.2) is 4.39 Å². The van der Waals surface area contributed by atoms with Crippen LogP contribution in [0.4, 0.5) is 10.1 Å². The molecule has 3 aliphatic rings. The molecule has 162 valence electrons. The first-order chi connectivity index (χ1) is 15.1. The number of anilines is 1. The average Bonchev–Trinajstić information content (AvgIpc) is 3.21. The largest absolute Gasteiger partial charge is 0.312 e. The molecule has 2 aromatic carbocycles. The third kappa shape index (κ3) is 4.29. The van der Waals surface area contributed by atoms with Crippen LogP contribution in [0.2, 0.25) is 0 Å². The fourth-order valence-electron chi connectivity index (χ4n) is 5.43. The molecule has 0 N–H and O–H groups in total. The Morgan fingerprint density at radius 3 is 2.55 bits per heavy atom. The maximum Gasteiger partial charge on any atom is 0.227 e. The van der Waals surface area contributed by atoms with Gasteiger partial charge in [0.25, 0.3) is 0 Å². The van der Waals surface area contributed by atoms with Crippen LogP contribution >= 0.6 is 0 Å². The van der Waals surface area contributed by atoms with Crippen molar-refractivity contribution in [1.29, 1.82) is 0 Å². The summed E-state index contributed by atoms with van der Waals surface area (Å²) in [5.74, 6) is 0.852. The van der Waals surface area contributed by atoms with Gasteiger partial charge in [0, 0.05) is 31.5 Å². The molecule has 3 aliphatic heterocycles. The molecule has 4 nitrogen and oxygen atoms in total. The first kappa shape index (κ1) is 20.4. The van der Waals surface area contributed by atoms with Gasteiger partial charge in [0.05, 0.1) is 5.69 Å². The quantitative estimate of drug-likeness (QED) is 0.645. The van der Waals surface area contributed by atoms with Crippen molar-refractivity contribution in [3.63, 3.8) is 0 Å². The molecular weight excluding hydrogens is 391 g/mol. The zero-order valence-electron chi connectivity index (χ0n) is 17.9. The second-order valence-corrected chi connectivity index (χ2v) is 9.25. The van der Waals surface area contributed by atoms with E-state index in [4.69, 9.17) is 0 Å². The molecule has 5 heteroatoms. The monoisotopic (exact) mass is 420 g/mol. The van der Waals surface area contributed by atoms with E-state index in [2.05, 4.69) is 4.90 Å². The standard InChI is InChI=1S/C26H29FN2O2/c27-23-3-1-2-19(14-23)17-28-11-8-18(9-12-28)4-6-24(30)22-15-20-5-7-25(31)29-13-10-21(16-22)26(20)29/h1-3,14-16,18H,4-13,17H2. The molecule has 0 unspecified atom stereocenters. The van der Waals surface area contributed by atoms with Crippen LogP contribution in [0.5, 0.6) is 0 Å². The Balaban J connectivity index is 1.14. The molecule has 2 aromatic rings. The Morgan fingerprint density at radius 1 is 1.00 bits per heavy atom. The minimum absolute atomic E-state index is 0.175. The van der Waals surface area contributed by atoms with E-state index in [0.717, 1.165) is 75.1 Å². The number of carbonyl (C=O) groups is 2. The summed E-state index contributed by atoms with van der Waals surface area (Å²) in [5.41, 5.74) is 5.27. The Kier molecular flexibility index (Phi) is 5.61. The highest BCUT2D eigenvalue weighted by Gasteiger charge is 2.32. The van der Waals surface area contributed by atoms with Crippen molar-refractivity contribution in [1.82, 2.24) is 4.90 Å². The number of piperidine rings is 1. The molecule has 0 aliphatic carbocycles. The van der Waals surface area contributed by atoms with Gasteiger partial charge in [-0.1, -0.05) is 12.1 Å². The molecule has 0 radical (unpaired) electrons. The van der Waals surface area contributed by atoms with E-state index in [1.807, 2.05) is 23.1 Å². The fourth-order valence-corrected chi connectivity index (χ4v) is 5.43. The minimum Gasteiger partial charge on any atom is -0.312 e. The van der Waals surface area contributed by atoms with E-state index in [-0.39, 0.29) is 17.5 Å². The van der Waals surface area contributed by atoms with Crippen molar-refractivity contribution in [3.05, 3.63) is 64.5 Å². The van der Waals surface area contributed by atoms with Gasteiger partial charge < -0.3 is 4.90 Å². The third-order valence-corrected chi connectivity index (χ3v) is 7.16. The zero-order chi connectivity index (χ0) is 21.4. The van der Waals surface area contributed by atoms with Gasteiger partial charge in [0.1, 0.15) is 5.82 Å². The van der Waals surface area contributed by atoms with E-state index in [1.165, 1.54) is 17.2 Å². The van der Waals surface area contributed by atoms with Gasteiger partial charge in [0.15, 0.2) is 5.78 Å². The number of likely N-dealkylation sites (tertiary alicyclic amines) is 1. The number of carbonyl (C=O) groups excluding carboxylic acids is 2. The predicted octanol–water partition coefficient (Wildman–Crippen LogP) is 4.54. The number of benzene rings is 2. The molecular formula is C26H29FN2O2. The highest BCUT2D eigenvalue weighted by atomic mass is 19.1. The lowest BCUT2D eigenvalue weighted by molar-refractivity contribution is -0.118. The van der Waals surface area contributed by atoms with Crippen LogP contribution < -0.4 is 4.90 Å². The SMILES string of the molecule is O=C(CCC1CCN(Cc2cccc(F)c2)CC1)c1cc2c3c(c1)CCN3C(=O)CC2. The molecule has 0 saturated carbocycles. The van der Waals surface area contributed by atoms with Crippen molar-refractivity contribution in [2.24, 2.45) is 5.92 Å². The summed E-state index contributed by atoms with van der Waals surface area (Å²) < 4.78 is 13.4. The van der Waals surface area contributed by atoms with E-state index in [9.17, 15) is 14.0 Å². The Labute approximate surface area is 183 Å². The lowest BCUT2D eigenvalue weighted by atomic mass is 9.89. The Bertz CT molecular complexity index is 1010. The van der Waals surface area contributed by atoms with Crippen molar-refractivity contribution in [2.75, 3.05) is 24.5 Å². The summed E-state index contributed by atoms with van der Waals surface area (Å²) >= 11 is 0. The molecule has 0 atom stereocenters.